The van der Waals surface area contributed by atoms with Crippen LogP contribution >= 0.6 is 11.8 Å². The topological polar surface area (TPSA) is 20.3 Å². The van der Waals surface area contributed by atoms with Crippen molar-refractivity contribution >= 4 is 23.4 Å². The number of fused-ring (bicyclic) bond motifs is 2. The summed E-state index contributed by atoms with van der Waals surface area (Å²) in [4.78, 5) is 14.3. The van der Waals surface area contributed by atoms with Gasteiger partial charge in [-0.1, -0.05) is 42.2 Å². The number of carbonyl (C=O) groups is 1. The average Bonchev–Trinajstić information content (AvgIpc) is 2.50. The molecule has 0 aromatic heterocycles. The number of rotatable bonds is 2. The fourth-order valence-corrected chi connectivity index (χ4v) is 2.81. The van der Waals surface area contributed by atoms with Crippen molar-refractivity contribution in [1.82, 2.24) is 0 Å². The van der Waals surface area contributed by atoms with Gasteiger partial charge in [-0.2, -0.15) is 11.8 Å². The summed E-state index contributed by atoms with van der Waals surface area (Å²) in [5, 5.41) is 0. The molecule has 1 aliphatic heterocycles. The predicted molar refractivity (Wildman–Crippen MR) is 88.4 cm³/mol. The van der Waals surface area contributed by atoms with E-state index in [4.69, 9.17) is 0 Å². The summed E-state index contributed by atoms with van der Waals surface area (Å²) in [6.45, 7) is 0.571. The third-order valence-electron chi connectivity index (χ3n) is 3.44. The standard InChI is InChI=1S/C18H15NOS/c1-21-13-18(20)19-12-16-8-3-2-6-14(16)10-11-15-7-4-5-9-17(15)19/h2-9H,12-13H2,1H3. The maximum absolute atomic E-state index is 12.5. The average molecular weight is 293 g/mol. The lowest BCUT2D eigenvalue weighted by molar-refractivity contribution is -0.116. The molecule has 0 fully saturated rings. The highest BCUT2D eigenvalue weighted by Gasteiger charge is 2.20. The van der Waals surface area contributed by atoms with E-state index >= 15 is 0 Å². The minimum absolute atomic E-state index is 0.119. The molecule has 3 rings (SSSR count). The van der Waals surface area contributed by atoms with Crippen molar-refractivity contribution in [3.63, 3.8) is 0 Å². The molecule has 2 aromatic carbocycles. The van der Waals surface area contributed by atoms with Gasteiger partial charge < -0.3 is 4.90 Å². The molecule has 2 nitrogen and oxygen atoms in total. The first-order valence-corrected chi connectivity index (χ1v) is 8.17. The summed E-state index contributed by atoms with van der Waals surface area (Å²) in [6.07, 6.45) is 1.95. The van der Waals surface area contributed by atoms with Gasteiger partial charge >= 0.3 is 0 Å². The van der Waals surface area contributed by atoms with Gasteiger partial charge in [-0.15, -0.1) is 0 Å². The molecule has 0 saturated carbocycles. The fourth-order valence-electron chi connectivity index (χ4n) is 2.41. The van der Waals surface area contributed by atoms with Gasteiger partial charge in [-0.05, 0) is 30.0 Å². The van der Waals surface area contributed by atoms with E-state index in [1.54, 1.807) is 11.8 Å². The first-order chi connectivity index (χ1) is 10.3. The van der Waals surface area contributed by atoms with Crippen LogP contribution in [0.5, 0.6) is 0 Å². The van der Waals surface area contributed by atoms with E-state index in [2.05, 4.69) is 11.8 Å². The third-order valence-corrected chi connectivity index (χ3v) is 3.98. The number of anilines is 1. The second kappa shape index (κ2) is 6.07. The zero-order valence-electron chi connectivity index (χ0n) is 11.8. The predicted octanol–water partition coefficient (Wildman–Crippen LogP) is 3.30. The van der Waals surface area contributed by atoms with Crippen molar-refractivity contribution in [3.8, 4) is 11.8 Å². The second-order valence-corrected chi connectivity index (χ2v) is 5.70. The van der Waals surface area contributed by atoms with Crippen LogP contribution in [0.15, 0.2) is 48.5 Å². The number of nitrogens with zero attached hydrogens (tertiary/aromatic N) is 1. The molecule has 1 aliphatic rings. The highest BCUT2D eigenvalue weighted by Crippen LogP contribution is 2.25. The summed E-state index contributed by atoms with van der Waals surface area (Å²) >= 11 is 1.54. The molecule has 21 heavy (non-hydrogen) atoms. The van der Waals surface area contributed by atoms with E-state index in [0.717, 1.165) is 22.4 Å². The SMILES string of the molecule is CSCC(=O)N1Cc2ccccc2C#Cc2ccccc21. The Bertz CT molecular complexity index is 742. The largest absolute Gasteiger partial charge is 0.306 e. The molecule has 0 spiro atoms. The number of benzene rings is 2. The Balaban J connectivity index is 2.14. The number of para-hydroxylation sites is 1. The monoisotopic (exact) mass is 293 g/mol. The van der Waals surface area contributed by atoms with Crippen molar-refractivity contribution in [1.29, 1.82) is 0 Å². The van der Waals surface area contributed by atoms with Crippen molar-refractivity contribution in [3.05, 3.63) is 65.2 Å². The summed E-state index contributed by atoms with van der Waals surface area (Å²) < 4.78 is 0. The molecule has 0 atom stereocenters. The lowest BCUT2D eigenvalue weighted by Crippen LogP contribution is -2.33. The Morgan fingerprint density at radius 1 is 1.10 bits per heavy atom. The molecular formula is C18H15NOS. The Hall–Kier alpha value is -2.18. The first-order valence-electron chi connectivity index (χ1n) is 6.78. The van der Waals surface area contributed by atoms with Gasteiger partial charge in [0.05, 0.1) is 18.0 Å². The molecule has 0 radical (unpaired) electrons. The highest BCUT2D eigenvalue weighted by atomic mass is 32.2. The van der Waals surface area contributed by atoms with Crippen LogP contribution in [-0.4, -0.2) is 17.9 Å². The van der Waals surface area contributed by atoms with Crippen LogP contribution in [0.25, 0.3) is 0 Å². The number of thioether (sulfide) groups is 1. The fraction of sp³-hybridized carbons (Fsp3) is 0.167. The number of carbonyl (C=O) groups excluding carboxylic acids is 1. The van der Waals surface area contributed by atoms with Gasteiger partial charge in [0.1, 0.15) is 0 Å². The molecule has 104 valence electrons. The Morgan fingerprint density at radius 2 is 1.76 bits per heavy atom. The van der Waals surface area contributed by atoms with E-state index in [-0.39, 0.29) is 5.91 Å². The second-order valence-electron chi connectivity index (χ2n) is 4.84. The van der Waals surface area contributed by atoms with Gasteiger partial charge in [-0.3, -0.25) is 4.79 Å². The molecule has 0 N–H and O–H groups in total. The first kappa shape index (κ1) is 13.8. The van der Waals surface area contributed by atoms with Crippen molar-refractivity contribution < 1.29 is 4.79 Å². The van der Waals surface area contributed by atoms with E-state index in [1.165, 1.54) is 0 Å². The molecule has 0 unspecified atom stereocenters. The molecule has 0 saturated heterocycles. The van der Waals surface area contributed by atoms with Crippen LogP contribution < -0.4 is 4.90 Å². The molecular weight excluding hydrogens is 278 g/mol. The normalized spacial score (nSPS) is 12.3. The molecule has 2 aromatic rings. The molecule has 3 heteroatoms. The maximum Gasteiger partial charge on any atom is 0.237 e. The van der Waals surface area contributed by atoms with Gasteiger partial charge in [0.25, 0.3) is 0 Å². The van der Waals surface area contributed by atoms with Crippen LogP contribution in [0, 0.1) is 11.8 Å². The molecule has 1 amide bonds. The smallest absolute Gasteiger partial charge is 0.237 e. The summed E-state index contributed by atoms with van der Waals surface area (Å²) in [5.41, 5.74) is 3.89. The van der Waals surface area contributed by atoms with Crippen molar-refractivity contribution in [2.45, 2.75) is 6.54 Å². The lowest BCUT2D eigenvalue weighted by atomic mass is 10.0. The zero-order valence-corrected chi connectivity index (χ0v) is 12.6. The van der Waals surface area contributed by atoms with E-state index in [9.17, 15) is 4.79 Å². The Labute approximate surface area is 129 Å². The lowest BCUT2D eigenvalue weighted by Gasteiger charge is -2.25. The van der Waals surface area contributed by atoms with Crippen molar-refractivity contribution in [2.24, 2.45) is 0 Å². The minimum Gasteiger partial charge on any atom is -0.306 e. The third kappa shape index (κ3) is 2.81. The van der Waals surface area contributed by atoms with Gasteiger partial charge in [0.2, 0.25) is 5.91 Å². The van der Waals surface area contributed by atoms with Gasteiger partial charge in [0.15, 0.2) is 0 Å². The number of amides is 1. The van der Waals surface area contributed by atoms with Crippen molar-refractivity contribution in [2.75, 3.05) is 16.9 Å². The molecule has 0 aliphatic carbocycles. The zero-order chi connectivity index (χ0) is 14.7. The Morgan fingerprint density at radius 3 is 2.57 bits per heavy atom. The van der Waals surface area contributed by atoms with E-state index in [0.29, 0.717) is 12.3 Å². The van der Waals surface area contributed by atoms with E-state index < -0.39 is 0 Å². The van der Waals surface area contributed by atoms with Gasteiger partial charge in [-0.25, -0.2) is 0 Å². The summed E-state index contributed by atoms with van der Waals surface area (Å²) in [7, 11) is 0. The minimum atomic E-state index is 0.119. The van der Waals surface area contributed by atoms with E-state index in [1.807, 2.05) is 59.7 Å². The van der Waals surface area contributed by atoms with Crippen LogP contribution in [0.4, 0.5) is 5.69 Å². The summed E-state index contributed by atoms with van der Waals surface area (Å²) in [6, 6.07) is 15.9. The summed E-state index contributed by atoms with van der Waals surface area (Å²) in [5.74, 6) is 7.01. The van der Waals surface area contributed by atoms with Gasteiger partial charge in [0, 0.05) is 11.1 Å². The highest BCUT2D eigenvalue weighted by molar-refractivity contribution is 7.99. The van der Waals surface area contributed by atoms with Crippen LogP contribution in [0.3, 0.4) is 0 Å². The number of hydrogen-bond acceptors (Lipinski definition) is 2. The Kier molecular flexibility index (Phi) is 3.98. The van der Waals surface area contributed by atoms with Crippen LogP contribution in [-0.2, 0) is 11.3 Å². The quantitative estimate of drug-likeness (QED) is 0.792. The van der Waals surface area contributed by atoms with Crippen LogP contribution in [0.2, 0.25) is 0 Å². The molecule has 1 heterocycles. The number of hydrogen-bond donors (Lipinski definition) is 0. The molecule has 0 bridgehead atoms. The van der Waals surface area contributed by atoms with Crippen LogP contribution in [0.1, 0.15) is 16.7 Å². The maximum atomic E-state index is 12.5.